The molecule has 0 aliphatic heterocycles. The average Bonchev–Trinajstić information content (AvgIpc) is 2.66. The smallest absolute Gasteiger partial charge is 0.311 e. The molecule has 2 amide bonds. The van der Waals surface area contributed by atoms with Crippen LogP contribution in [0.2, 0.25) is 0 Å². The average molecular weight is 435 g/mol. The van der Waals surface area contributed by atoms with Crippen LogP contribution < -0.4 is 15.5 Å². The van der Waals surface area contributed by atoms with Crippen molar-refractivity contribution in [1.82, 2.24) is 10.7 Å². The summed E-state index contributed by atoms with van der Waals surface area (Å²) in [6, 6.07) is 10.9. The number of hydrogen-bond acceptors (Lipinski definition) is 6. The summed E-state index contributed by atoms with van der Waals surface area (Å²) in [6.45, 7) is -0.269. The molecule has 0 bridgehead atoms. The Morgan fingerprint density at radius 3 is 2.59 bits per heavy atom. The molecule has 0 atom stereocenters. The zero-order valence-corrected chi connectivity index (χ0v) is 15.7. The molecule has 0 unspecified atom stereocenters. The number of nitrogens with one attached hydrogen (secondary N) is 2. The monoisotopic (exact) mass is 434 g/mol. The molecule has 140 valence electrons. The van der Waals surface area contributed by atoms with Crippen molar-refractivity contribution in [2.45, 2.75) is 0 Å². The molecule has 0 fully saturated rings. The number of carbonyl (C=O) groups excluding carboxylic acids is 2. The Labute approximate surface area is 162 Å². The first-order valence-corrected chi connectivity index (χ1v) is 8.38. The van der Waals surface area contributed by atoms with Crippen molar-refractivity contribution in [3.63, 3.8) is 0 Å². The van der Waals surface area contributed by atoms with Crippen LogP contribution in [0.3, 0.4) is 0 Å². The number of halogens is 1. The summed E-state index contributed by atoms with van der Waals surface area (Å²) >= 11 is 3.27. The summed E-state index contributed by atoms with van der Waals surface area (Å²) in [5, 5.41) is 17.1. The Hall–Kier alpha value is -3.27. The maximum absolute atomic E-state index is 11.9. The molecule has 9 nitrogen and oxygen atoms in total. The summed E-state index contributed by atoms with van der Waals surface area (Å²) < 4.78 is 5.74. The number of nitro groups is 1. The molecule has 0 radical (unpaired) electrons. The van der Waals surface area contributed by atoms with Crippen LogP contribution >= 0.6 is 15.9 Å². The largest absolute Gasteiger partial charge is 0.490 e. The second kappa shape index (κ2) is 9.43. The molecule has 0 saturated heterocycles. The summed E-state index contributed by atoms with van der Waals surface area (Å²) in [4.78, 5) is 34.0. The molecule has 2 aromatic carbocycles. The Morgan fingerprint density at radius 1 is 1.26 bits per heavy atom. The highest BCUT2D eigenvalue weighted by atomic mass is 79.9. The zero-order chi connectivity index (χ0) is 19.8. The van der Waals surface area contributed by atoms with Crippen LogP contribution in [0.15, 0.2) is 52.0 Å². The van der Waals surface area contributed by atoms with Gasteiger partial charge in [0.15, 0.2) is 5.75 Å². The quantitative estimate of drug-likeness (QED) is 0.392. The molecule has 10 heteroatoms. The topological polar surface area (TPSA) is 123 Å². The molecule has 2 rings (SSSR count). The van der Waals surface area contributed by atoms with E-state index in [9.17, 15) is 19.7 Å². The molecule has 27 heavy (non-hydrogen) atoms. The second-order valence-corrected chi connectivity index (χ2v) is 6.09. The highest BCUT2D eigenvalue weighted by molar-refractivity contribution is 9.10. The number of benzene rings is 2. The molecule has 0 aromatic heterocycles. The van der Waals surface area contributed by atoms with Crippen LogP contribution in [0.4, 0.5) is 5.69 Å². The lowest BCUT2D eigenvalue weighted by Crippen LogP contribution is -2.34. The van der Waals surface area contributed by atoms with Gasteiger partial charge >= 0.3 is 5.69 Å². The SMILES string of the molecule is COc1ccc(C=NNC(=O)CNC(=O)c2ccc(Br)cc2)cc1[N+](=O)[O-]. The first-order valence-electron chi connectivity index (χ1n) is 7.59. The second-order valence-electron chi connectivity index (χ2n) is 5.17. The molecular formula is C17H15BrN4O5. The van der Waals surface area contributed by atoms with Gasteiger partial charge in [0.25, 0.3) is 11.8 Å². The third-order valence-corrected chi connectivity index (χ3v) is 3.85. The molecule has 0 heterocycles. The fraction of sp³-hybridized carbons (Fsp3) is 0.118. The third kappa shape index (κ3) is 5.89. The van der Waals surface area contributed by atoms with Crippen molar-refractivity contribution in [1.29, 1.82) is 0 Å². The van der Waals surface area contributed by atoms with Gasteiger partial charge in [-0.25, -0.2) is 5.43 Å². The molecule has 0 spiro atoms. The van der Waals surface area contributed by atoms with Crippen LogP contribution in [0.1, 0.15) is 15.9 Å². The lowest BCUT2D eigenvalue weighted by molar-refractivity contribution is -0.385. The van der Waals surface area contributed by atoms with Crippen molar-refractivity contribution in [3.8, 4) is 5.75 Å². The predicted octanol–water partition coefficient (Wildman–Crippen LogP) is 2.25. The van der Waals surface area contributed by atoms with Gasteiger partial charge in [-0.3, -0.25) is 19.7 Å². The maximum atomic E-state index is 11.9. The number of carbonyl (C=O) groups is 2. The van der Waals surface area contributed by atoms with Crippen molar-refractivity contribution < 1.29 is 19.2 Å². The van der Waals surface area contributed by atoms with Crippen molar-refractivity contribution in [3.05, 3.63) is 68.2 Å². The number of methoxy groups -OCH3 is 1. The Morgan fingerprint density at radius 2 is 1.96 bits per heavy atom. The zero-order valence-electron chi connectivity index (χ0n) is 14.1. The normalized spacial score (nSPS) is 10.4. The van der Waals surface area contributed by atoms with E-state index in [1.54, 1.807) is 30.3 Å². The summed E-state index contributed by atoms with van der Waals surface area (Å²) in [5.41, 5.74) is 2.84. The fourth-order valence-electron chi connectivity index (χ4n) is 2.01. The van der Waals surface area contributed by atoms with Gasteiger partial charge in [-0.1, -0.05) is 15.9 Å². The van der Waals surface area contributed by atoms with Gasteiger partial charge in [-0.15, -0.1) is 0 Å². The molecule has 2 aromatic rings. The maximum Gasteiger partial charge on any atom is 0.311 e. The van der Waals surface area contributed by atoms with E-state index in [1.807, 2.05) is 0 Å². The predicted molar refractivity (Wildman–Crippen MR) is 102 cm³/mol. The fourth-order valence-corrected chi connectivity index (χ4v) is 2.28. The number of ether oxygens (including phenoxy) is 1. The van der Waals surface area contributed by atoms with Gasteiger partial charge in [-0.05, 0) is 36.4 Å². The Balaban J connectivity index is 1.88. The van der Waals surface area contributed by atoms with Crippen molar-refractivity contribution in [2.75, 3.05) is 13.7 Å². The van der Waals surface area contributed by atoms with Crippen LogP contribution in [0.25, 0.3) is 0 Å². The van der Waals surface area contributed by atoms with E-state index in [0.717, 1.165) is 4.47 Å². The van der Waals surface area contributed by atoms with E-state index < -0.39 is 16.7 Å². The summed E-state index contributed by atoms with van der Waals surface area (Å²) in [6.07, 6.45) is 1.25. The third-order valence-electron chi connectivity index (χ3n) is 3.32. The van der Waals surface area contributed by atoms with E-state index in [-0.39, 0.29) is 18.0 Å². The van der Waals surface area contributed by atoms with E-state index in [2.05, 4.69) is 31.8 Å². The minimum atomic E-state index is -0.577. The number of amides is 2. The Bertz CT molecular complexity index is 883. The number of rotatable bonds is 7. The van der Waals surface area contributed by atoms with Gasteiger partial charge in [0.1, 0.15) is 0 Å². The molecule has 0 aliphatic rings. The molecular weight excluding hydrogens is 420 g/mol. The van der Waals surface area contributed by atoms with Gasteiger partial charge in [-0.2, -0.15) is 5.10 Å². The number of nitrogens with zero attached hydrogens (tertiary/aromatic N) is 2. The van der Waals surface area contributed by atoms with Gasteiger partial charge in [0, 0.05) is 21.7 Å². The molecule has 2 N–H and O–H groups in total. The summed E-state index contributed by atoms with van der Waals surface area (Å²) in [5.74, 6) is -0.816. The minimum absolute atomic E-state index is 0.122. The van der Waals surface area contributed by atoms with E-state index in [1.165, 1.54) is 25.5 Å². The summed E-state index contributed by atoms with van der Waals surface area (Å²) in [7, 11) is 1.33. The molecule has 0 saturated carbocycles. The lowest BCUT2D eigenvalue weighted by atomic mass is 10.2. The lowest BCUT2D eigenvalue weighted by Gasteiger charge is -2.04. The van der Waals surface area contributed by atoms with Crippen molar-refractivity contribution >= 4 is 39.6 Å². The number of nitro benzene ring substituents is 1. The van der Waals surface area contributed by atoms with Crippen LogP contribution in [0, 0.1) is 10.1 Å². The Kier molecular flexibility index (Phi) is 7.00. The van der Waals surface area contributed by atoms with Crippen LogP contribution in [0.5, 0.6) is 5.75 Å². The highest BCUT2D eigenvalue weighted by Crippen LogP contribution is 2.26. The highest BCUT2D eigenvalue weighted by Gasteiger charge is 2.14. The van der Waals surface area contributed by atoms with E-state index >= 15 is 0 Å². The van der Waals surface area contributed by atoms with E-state index in [0.29, 0.717) is 11.1 Å². The van der Waals surface area contributed by atoms with Gasteiger partial charge in [0.2, 0.25) is 0 Å². The molecule has 0 aliphatic carbocycles. The van der Waals surface area contributed by atoms with Gasteiger partial charge in [0.05, 0.1) is 24.8 Å². The van der Waals surface area contributed by atoms with E-state index in [4.69, 9.17) is 4.74 Å². The first kappa shape index (κ1) is 20.0. The van der Waals surface area contributed by atoms with Gasteiger partial charge < -0.3 is 10.1 Å². The van der Waals surface area contributed by atoms with Crippen LogP contribution in [-0.2, 0) is 4.79 Å². The van der Waals surface area contributed by atoms with Crippen LogP contribution in [-0.4, -0.2) is 36.6 Å². The first-order chi connectivity index (χ1) is 12.9. The number of hydrogen-bond donors (Lipinski definition) is 2. The minimum Gasteiger partial charge on any atom is -0.490 e. The standard InChI is InChI=1S/C17H15BrN4O5/c1-27-15-7-2-11(8-14(15)22(25)26)9-20-21-16(23)10-19-17(24)12-3-5-13(18)6-4-12/h2-9H,10H2,1H3,(H,19,24)(H,21,23). The van der Waals surface area contributed by atoms with Crippen molar-refractivity contribution in [2.24, 2.45) is 5.10 Å². The number of hydrazone groups is 1.